The first-order chi connectivity index (χ1) is 9.04. The van der Waals surface area contributed by atoms with Gasteiger partial charge in [0.05, 0.1) is 0 Å². The van der Waals surface area contributed by atoms with Crippen LogP contribution in [0.2, 0.25) is 0 Å². The minimum absolute atomic E-state index is 0.587. The zero-order chi connectivity index (χ0) is 13.9. The van der Waals surface area contributed by atoms with Crippen LogP contribution in [0, 0.1) is 11.3 Å². The number of nitrogens with zero attached hydrogens (tertiary/aromatic N) is 1. The second-order valence-corrected chi connectivity index (χ2v) is 7.26. The van der Waals surface area contributed by atoms with Crippen molar-refractivity contribution in [3.05, 3.63) is 0 Å². The molecule has 3 nitrogen and oxygen atoms in total. The molecule has 1 aliphatic heterocycles. The molecule has 1 N–H and O–H groups in total. The molecular weight excluding hydrogens is 236 g/mol. The normalized spacial score (nSPS) is 30.8. The molecule has 0 bridgehead atoms. The second-order valence-electron chi connectivity index (χ2n) is 7.26. The lowest BCUT2D eigenvalue weighted by Gasteiger charge is -2.41. The topological polar surface area (TPSA) is 24.5 Å². The Hall–Kier alpha value is -0.120. The van der Waals surface area contributed by atoms with Gasteiger partial charge in [-0.05, 0) is 43.9 Å². The SMILES string of the molecule is COCCC1(CN2CC(CC(C)C)NCC2C)CC1. The average Bonchev–Trinajstić information content (AvgIpc) is 3.11. The Labute approximate surface area is 119 Å². The Bertz CT molecular complexity index is 276. The summed E-state index contributed by atoms with van der Waals surface area (Å²) in [6.45, 7) is 11.6. The molecule has 1 saturated carbocycles. The van der Waals surface area contributed by atoms with E-state index in [1.54, 1.807) is 0 Å². The Morgan fingerprint density at radius 3 is 2.68 bits per heavy atom. The molecular formula is C16H32N2O. The van der Waals surface area contributed by atoms with Gasteiger partial charge in [-0.3, -0.25) is 4.90 Å². The van der Waals surface area contributed by atoms with E-state index >= 15 is 0 Å². The van der Waals surface area contributed by atoms with Crippen LogP contribution < -0.4 is 5.32 Å². The van der Waals surface area contributed by atoms with Gasteiger partial charge in [0.15, 0.2) is 0 Å². The first-order valence-electron chi connectivity index (χ1n) is 8.01. The van der Waals surface area contributed by atoms with E-state index in [9.17, 15) is 0 Å². The average molecular weight is 268 g/mol. The molecule has 3 heteroatoms. The van der Waals surface area contributed by atoms with Gasteiger partial charge in [0.1, 0.15) is 0 Å². The third-order valence-corrected chi connectivity index (χ3v) is 4.87. The highest BCUT2D eigenvalue weighted by molar-refractivity contribution is 4.98. The van der Waals surface area contributed by atoms with Crippen LogP contribution in [0.25, 0.3) is 0 Å². The van der Waals surface area contributed by atoms with Gasteiger partial charge in [0, 0.05) is 45.4 Å². The van der Waals surface area contributed by atoms with E-state index in [2.05, 4.69) is 31.0 Å². The van der Waals surface area contributed by atoms with Crippen LogP contribution in [-0.4, -0.2) is 50.3 Å². The Morgan fingerprint density at radius 2 is 2.11 bits per heavy atom. The fraction of sp³-hybridized carbons (Fsp3) is 1.00. The molecule has 0 aromatic carbocycles. The summed E-state index contributed by atoms with van der Waals surface area (Å²) in [7, 11) is 1.82. The maximum atomic E-state index is 5.28. The van der Waals surface area contributed by atoms with E-state index in [-0.39, 0.29) is 0 Å². The van der Waals surface area contributed by atoms with Crippen molar-refractivity contribution in [3.8, 4) is 0 Å². The summed E-state index contributed by atoms with van der Waals surface area (Å²) in [4.78, 5) is 2.73. The van der Waals surface area contributed by atoms with Crippen molar-refractivity contribution in [1.82, 2.24) is 10.2 Å². The largest absolute Gasteiger partial charge is 0.385 e. The molecule has 2 rings (SSSR count). The quantitative estimate of drug-likeness (QED) is 0.768. The van der Waals surface area contributed by atoms with Crippen LogP contribution in [0.4, 0.5) is 0 Å². The molecule has 0 aromatic rings. The molecule has 2 atom stereocenters. The van der Waals surface area contributed by atoms with Gasteiger partial charge >= 0.3 is 0 Å². The monoisotopic (exact) mass is 268 g/mol. The first-order valence-corrected chi connectivity index (χ1v) is 8.01. The second kappa shape index (κ2) is 6.55. The van der Waals surface area contributed by atoms with Crippen molar-refractivity contribution >= 4 is 0 Å². The lowest BCUT2D eigenvalue weighted by atomic mass is 9.96. The van der Waals surface area contributed by atoms with Gasteiger partial charge in [-0.15, -0.1) is 0 Å². The molecule has 0 radical (unpaired) electrons. The van der Waals surface area contributed by atoms with Gasteiger partial charge in [-0.1, -0.05) is 13.8 Å². The predicted molar refractivity (Wildman–Crippen MR) is 80.4 cm³/mol. The molecule has 1 aliphatic carbocycles. The molecule has 2 fully saturated rings. The first kappa shape index (κ1) is 15.3. The van der Waals surface area contributed by atoms with Gasteiger partial charge in [0.2, 0.25) is 0 Å². The number of methoxy groups -OCH3 is 1. The van der Waals surface area contributed by atoms with Crippen molar-refractivity contribution in [3.63, 3.8) is 0 Å². The number of rotatable bonds is 7. The fourth-order valence-electron chi connectivity index (χ4n) is 3.35. The van der Waals surface area contributed by atoms with Crippen molar-refractivity contribution in [2.75, 3.05) is 33.4 Å². The smallest absolute Gasteiger partial charge is 0.0468 e. The molecule has 0 aromatic heterocycles. The minimum atomic E-state index is 0.587. The number of piperazine rings is 1. The number of nitrogens with one attached hydrogen (secondary N) is 1. The zero-order valence-electron chi connectivity index (χ0n) is 13.2. The van der Waals surface area contributed by atoms with Crippen LogP contribution in [0.3, 0.4) is 0 Å². The van der Waals surface area contributed by atoms with Crippen molar-refractivity contribution < 1.29 is 4.74 Å². The van der Waals surface area contributed by atoms with Gasteiger partial charge in [-0.25, -0.2) is 0 Å². The summed E-state index contributed by atoms with van der Waals surface area (Å²) < 4.78 is 5.28. The summed E-state index contributed by atoms with van der Waals surface area (Å²) in [5, 5.41) is 3.71. The van der Waals surface area contributed by atoms with Gasteiger partial charge in [0.25, 0.3) is 0 Å². The van der Waals surface area contributed by atoms with Crippen LogP contribution in [0.15, 0.2) is 0 Å². The lowest BCUT2D eigenvalue weighted by Crippen LogP contribution is -2.56. The van der Waals surface area contributed by atoms with E-state index in [0.29, 0.717) is 17.5 Å². The highest BCUT2D eigenvalue weighted by Gasteiger charge is 2.44. The maximum absolute atomic E-state index is 5.28. The molecule has 2 unspecified atom stereocenters. The Balaban J connectivity index is 1.83. The van der Waals surface area contributed by atoms with E-state index in [4.69, 9.17) is 4.74 Å². The molecule has 0 amide bonds. The summed E-state index contributed by atoms with van der Waals surface area (Å²) in [6, 6.07) is 1.37. The van der Waals surface area contributed by atoms with Crippen LogP contribution in [0.1, 0.15) is 46.5 Å². The number of hydrogen-bond donors (Lipinski definition) is 1. The van der Waals surface area contributed by atoms with Gasteiger partial charge in [-0.2, -0.15) is 0 Å². The van der Waals surface area contributed by atoms with E-state index < -0.39 is 0 Å². The maximum Gasteiger partial charge on any atom is 0.0468 e. The van der Waals surface area contributed by atoms with Crippen molar-refractivity contribution in [2.45, 2.75) is 58.5 Å². The van der Waals surface area contributed by atoms with E-state index in [1.807, 2.05) is 7.11 Å². The third kappa shape index (κ3) is 4.44. The zero-order valence-corrected chi connectivity index (χ0v) is 13.2. The highest BCUT2D eigenvalue weighted by Crippen LogP contribution is 2.49. The van der Waals surface area contributed by atoms with Crippen LogP contribution >= 0.6 is 0 Å². The van der Waals surface area contributed by atoms with Crippen LogP contribution in [0.5, 0.6) is 0 Å². The van der Waals surface area contributed by atoms with Crippen LogP contribution in [-0.2, 0) is 4.74 Å². The molecule has 1 saturated heterocycles. The standard InChI is InChI=1S/C16H32N2O/c1-13(2)9-15-11-18(14(3)10-17-15)12-16(5-6-16)7-8-19-4/h13-15,17H,5-12H2,1-4H3. The van der Waals surface area contributed by atoms with Crippen molar-refractivity contribution in [1.29, 1.82) is 0 Å². The van der Waals surface area contributed by atoms with E-state index in [0.717, 1.165) is 19.1 Å². The predicted octanol–water partition coefficient (Wildman–Crippen LogP) is 2.51. The molecule has 2 aliphatic rings. The molecule has 1 heterocycles. The highest BCUT2D eigenvalue weighted by atomic mass is 16.5. The van der Waals surface area contributed by atoms with Gasteiger partial charge < -0.3 is 10.1 Å². The summed E-state index contributed by atoms with van der Waals surface area (Å²) in [6.07, 6.45) is 5.35. The third-order valence-electron chi connectivity index (χ3n) is 4.87. The summed E-state index contributed by atoms with van der Waals surface area (Å²) in [5.74, 6) is 0.788. The molecule has 112 valence electrons. The fourth-order valence-corrected chi connectivity index (χ4v) is 3.35. The summed E-state index contributed by atoms with van der Waals surface area (Å²) in [5.41, 5.74) is 0.587. The number of hydrogen-bond acceptors (Lipinski definition) is 3. The van der Waals surface area contributed by atoms with E-state index in [1.165, 1.54) is 38.8 Å². The number of ether oxygens (including phenoxy) is 1. The Morgan fingerprint density at radius 1 is 1.37 bits per heavy atom. The molecule has 0 spiro atoms. The minimum Gasteiger partial charge on any atom is -0.385 e. The molecule has 19 heavy (non-hydrogen) atoms. The van der Waals surface area contributed by atoms with Crippen molar-refractivity contribution in [2.24, 2.45) is 11.3 Å². The Kier molecular flexibility index (Phi) is 5.27. The lowest BCUT2D eigenvalue weighted by molar-refractivity contribution is 0.0910. The summed E-state index contributed by atoms with van der Waals surface area (Å²) >= 11 is 0.